The molecule has 0 bridgehead atoms. The van der Waals surface area contributed by atoms with Crippen molar-refractivity contribution in [2.75, 3.05) is 49.8 Å². The fraction of sp³-hybridized carbons (Fsp3) is 0.588. The molecular weight excluding hydrogens is 326 g/mol. The molecule has 0 aliphatic carbocycles. The van der Waals surface area contributed by atoms with Crippen LogP contribution in [-0.4, -0.2) is 64.7 Å². The molecule has 1 aromatic rings. The van der Waals surface area contributed by atoms with Gasteiger partial charge in [0, 0.05) is 0 Å². The first kappa shape index (κ1) is 18.7. The van der Waals surface area contributed by atoms with Gasteiger partial charge in [-0.3, -0.25) is 9.10 Å². The molecule has 6 nitrogen and oxygen atoms in total. The average molecular weight is 354 g/mol. The number of anilines is 1. The number of piperazine rings is 1. The molecule has 134 valence electrons. The molecule has 0 radical (unpaired) electrons. The molecule has 1 saturated heterocycles. The molecular formula is C17H28N3O3S+. The van der Waals surface area contributed by atoms with Gasteiger partial charge in [0.25, 0.3) is 0 Å². The SMILES string of the molecule is CC[NH+]1CCN(C(=O)CN(c2ccc(C)c(C)c2)S(C)(=O)=O)CC1. The highest BCUT2D eigenvalue weighted by Crippen LogP contribution is 2.21. The highest BCUT2D eigenvalue weighted by Gasteiger charge is 2.27. The number of amides is 1. The molecule has 1 aliphatic heterocycles. The van der Waals surface area contributed by atoms with Gasteiger partial charge in [-0.2, -0.15) is 0 Å². The van der Waals surface area contributed by atoms with Gasteiger partial charge in [-0.05, 0) is 44.0 Å². The van der Waals surface area contributed by atoms with Gasteiger partial charge in [-0.25, -0.2) is 8.42 Å². The monoisotopic (exact) mass is 354 g/mol. The summed E-state index contributed by atoms with van der Waals surface area (Å²) in [4.78, 5) is 15.8. The maximum atomic E-state index is 12.6. The molecule has 1 heterocycles. The lowest BCUT2D eigenvalue weighted by Gasteiger charge is -2.33. The van der Waals surface area contributed by atoms with Crippen LogP contribution in [0.2, 0.25) is 0 Å². The standard InChI is InChI=1S/C17H27N3O3S/c1-5-18-8-10-19(11-9-18)17(21)13-20(24(4,22)23)16-7-6-14(2)15(3)12-16/h6-7,12H,5,8-11,13H2,1-4H3/p+1. The Morgan fingerprint density at radius 3 is 2.33 bits per heavy atom. The highest BCUT2D eigenvalue weighted by atomic mass is 32.2. The first-order chi connectivity index (χ1) is 11.2. The number of nitrogens with zero attached hydrogens (tertiary/aromatic N) is 2. The van der Waals surface area contributed by atoms with E-state index in [0.29, 0.717) is 18.8 Å². The van der Waals surface area contributed by atoms with Gasteiger partial charge in [-0.15, -0.1) is 0 Å². The third-order valence-corrected chi connectivity index (χ3v) is 5.92. The summed E-state index contributed by atoms with van der Waals surface area (Å²) in [6.07, 6.45) is 1.15. The van der Waals surface area contributed by atoms with Crippen LogP contribution >= 0.6 is 0 Å². The molecule has 0 atom stereocenters. The molecule has 1 amide bonds. The summed E-state index contributed by atoms with van der Waals surface area (Å²) in [6.45, 7) is 10.2. The lowest BCUT2D eigenvalue weighted by Crippen LogP contribution is -3.14. The third-order valence-electron chi connectivity index (χ3n) is 4.78. The van der Waals surface area contributed by atoms with Crippen molar-refractivity contribution in [2.45, 2.75) is 20.8 Å². The molecule has 2 rings (SSSR count). The summed E-state index contributed by atoms with van der Waals surface area (Å²) in [7, 11) is -3.52. The van der Waals surface area contributed by atoms with E-state index < -0.39 is 10.0 Å². The number of likely N-dealkylation sites (N-methyl/N-ethyl adjacent to an activating group) is 1. The van der Waals surface area contributed by atoms with Crippen LogP contribution in [-0.2, 0) is 14.8 Å². The van der Waals surface area contributed by atoms with Gasteiger partial charge in [0.15, 0.2) is 0 Å². The molecule has 0 saturated carbocycles. The van der Waals surface area contributed by atoms with Crippen molar-refractivity contribution >= 4 is 21.6 Å². The molecule has 24 heavy (non-hydrogen) atoms. The molecule has 0 unspecified atom stereocenters. The Labute approximate surface area is 145 Å². The number of nitrogens with one attached hydrogen (secondary N) is 1. The zero-order chi connectivity index (χ0) is 17.9. The Morgan fingerprint density at radius 1 is 1.21 bits per heavy atom. The van der Waals surface area contributed by atoms with Gasteiger partial charge in [-0.1, -0.05) is 6.07 Å². The minimum atomic E-state index is -3.52. The van der Waals surface area contributed by atoms with E-state index in [1.165, 1.54) is 9.21 Å². The van der Waals surface area contributed by atoms with Crippen molar-refractivity contribution in [2.24, 2.45) is 0 Å². The van der Waals surface area contributed by atoms with Crippen molar-refractivity contribution in [1.29, 1.82) is 0 Å². The van der Waals surface area contributed by atoms with Crippen LogP contribution in [0.3, 0.4) is 0 Å². The molecule has 1 fully saturated rings. The average Bonchev–Trinajstić information content (AvgIpc) is 2.54. The van der Waals surface area contributed by atoms with Crippen molar-refractivity contribution < 1.29 is 18.1 Å². The molecule has 1 N–H and O–H groups in total. The Morgan fingerprint density at radius 2 is 1.83 bits per heavy atom. The van der Waals surface area contributed by atoms with Gasteiger partial charge in [0.1, 0.15) is 6.54 Å². The normalized spacial score (nSPS) is 16.2. The minimum absolute atomic E-state index is 0.131. The van der Waals surface area contributed by atoms with E-state index in [2.05, 4.69) is 6.92 Å². The van der Waals surface area contributed by atoms with E-state index in [1.54, 1.807) is 11.0 Å². The fourth-order valence-corrected chi connectivity index (χ4v) is 3.77. The smallest absolute Gasteiger partial charge is 0.243 e. The number of rotatable bonds is 5. The van der Waals surface area contributed by atoms with E-state index in [9.17, 15) is 13.2 Å². The van der Waals surface area contributed by atoms with Crippen LogP contribution < -0.4 is 9.21 Å². The van der Waals surface area contributed by atoms with Crippen molar-refractivity contribution in [3.8, 4) is 0 Å². The van der Waals surface area contributed by atoms with Crippen LogP contribution in [0.25, 0.3) is 0 Å². The maximum Gasteiger partial charge on any atom is 0.243 e. The Kier molecular flexibility index (Phi) is 5.87. The summed E-state index contributed by atoms with van der Waals surface area (Å²) in [5, 5.41) is 0. The van der Waals surface area contributed by atoms with Gasteiger partial charge in [0.2, 0.25) is 15.9 Å². The predicted octanol–water partition coefficient (Wildman–Crippen LogP) is -0.184. The number of quaternary nitrogens is 1. The quantitative estimate of drug-likeness (QED) is 0.798. The number of carbonyl (C=O) groups excluding carboxylic acids is 1. The molecule has 1 aliphatic rings. The summed E-state index contributed by atoms with van der Waals surface area (Å²) in [6, 6.07) is 5.47. The number of hydrogen-bond donors (Lipinski definition) is 1. The largest absolute Gasteiger partial charge is 0.332 e. The lowest BCUT2D eigenvalue weighted by molar-refractivity contribution is -0.902. The lowest BCUT2D eigenvalue weighted by atomic mass is 10.1. The van der Waals surface area contributed by atoms with Crippen LogP contribution in [0.4, 0.5) is 5.69 Å². The first-order valence-corrected chi connectivity index (χ1v) is 10.2. The number of benzene rings is 1. The highest BCUT2D eigenvalue weighted by molar-refractivity contribution is 7.92. The second-order valence-corrected chi connectivity index (χ2v) is 8.43. The minimum Gasteiger partial charge on any atom is -0.332 e. The van der Waals surface area contributed by atoms with Crippen LogP contribution in [0, 0.1) is 13.8 Å². The van der Waals surface area contributed by atoms with Crippen molar-refractivity contribution in [3.05, 3.63) is 29.3 Å². The van der Waals surface area contributed by atoms with Crippen LogP contribution in [0.5, 0.6) is 0 Å². The second kappa shape index (κ2) is 7.53. The van der Waals surface area contributed by atoms with E-state index in [4.69, 9.17) is 0 Å². The second-order valence-electron chi connectivity index (χ2n) is 6.52. The van der Waals surface area contributed by atoms with E-state index >= 15 is 0 Å². The predicted molar refractivity (Wildman–Crippen MR) is 95.9 cm³/mol. The third kappa shape index (κ3) is 4.48. The van der Waals surface area contributed by atoms with Crippen molar-refractivity contribution in [1.82, 2.24) is 4.90 Å². The van der Waals surface area contributed by atoms with Crippen LogP contribution in [0.1, 0.15) is 18.1 Å². The number of hydrogen-bond acceptors (Lipinski definition) is 3. The number of aryl methyl sites for hydroxylation is 2. The van der Waals surface area contributed by atoms with E-state index in [1.807, 2.05) is 26.0 Å². The zero-order valence-corrected chi connectivity index (χ0v) is 15.8. The van der Waals surface area contributed by atoms with Gasteiger partial charge >= 0.3 is 0 Å². The fourth-order valence-electron chi connectivity index (χ4n) is 2.93. The van der Waals surface area contributed by atoms with Gasteiger partial charge < -0.3 is 9.80 Å². The summed E-state index contributed by atoms with van der Waals surface area (Å²) >= 11 is 0. The Hall–Kier alpha value is -1.60. The molecule has 1 aromatic carbocycles. The summed E-state index contributed by atoms with van der Waals surface area (Å²) in [5.74, 6) is -0.131. The molecule has 0 aromatic heterocycles. The van der Waals surface area contributed by atoms with E-state index in [-0.39, 0.29) is 12.5 Å². The molecule has 0 spiro atoms. The summed E-state index contributed by atoms with van der Waals surface area (Å²) in [5.41, 5.74) is 2.65. The number of carbonyl (C=O) groups is 1. The van der Waals surface area contributed by atoms with Gasteiger partial charge in [0.05, 0.1) is 44.7 Å². The number of sulfonamides is 1. The van der Waals surface area contributed by atoms with E-state index in [0.717, 1.165) is 37.0 Å². The van der Waals surface area contributed by atoms with Crippen molar-refractivity contribution in [3.63, 3.8) is 0 Å². The zero-order valence-electron chi connectivity index (χ0n) is 15.0. The summed E-state index contributed by atoms with van der Waals surface area (Å²) < 4.78 is 25.6. The first-order valence-electron chi connectivity index (χ1n) is 8.38. The Bertz CT molecular complexity index is 695. The van der Waals surface area contributed by atoms with Crippen LogP contribution in [0.15, 0.2) is 18.2 Å². The Balaban J connectivity index is 2.15. The topological polar surface area (TPSA) is 62.1 Å². The molecule has 7 heteroatoms. The maximum absolute atomic E-state index is 12.6.